The van der Waals surface area contributed by atoms with E-state index >= 15 is 0 Å². The molecule has 0 spiro atoms. The molecule has 0 saturated heterocycles. The second-order valence-corrected chi connectivity index (χ2v) is 4.20. The molecule has 102 valence electrons. The zero-order valence-electron chi connectivity index (χ0n) is 11.4. The molecular formula is C12H18N6O. The van der Waals surface area contributed by atoms with E-state index in [2.05, 4.69) is 20.4 Å². The van der Waals surface area contributed by atoms with E-state index in [0.717, 1.165) is 17.5 Å². The number of aryl methyl sites for hydroxylation is 1. The first-order chi connectivity index (χ1) is 9.20. The molecule has 0 aliphatic heterocycles. The Kier molecular flexibility index (Phi) is 4.17. The molecule has 19 heavy (non-hydrogen) atoms. The summed E-state index contributed by atoms with van der Waals surface area (Å²) in [6.45, 7) is 1.26. The molecule has 2 heterocycles. The highest BCUT2D eigenvalue weighted by Gasteiger charge is 2.09. The summed E-state index contributed by atoms with van der Waals surface area (Å²) in [7, 11) is 5.66. The number of nitrogens with one attached hydrogen (secondary N) is 1. The highest BCUT2D eigenvalue weighted by atomic mass is 16.5. The van der Waals surface area contributed by atoms with E-state index in [-0.39, 0.29) is 0 Å². The minimum atomic E-state index is 0.624. The van der Waals surface area contributed by atoms with Crippen molar-refractivity contribution in [2.24, 2.45) is 12.0 Å². The fourth-order valence-corrected chi connectivity index (χ4v) is 1.75. The van der Waals surface area contributed by atoms with Crippen LogP contribution in [-0.2, 0) is 20.1 Å². The largest absolute Gasteiger partial charge is 0.364 e. The number of nitrogens with zero attached hydrogens (tertiary/aromatic N) is 5. The van der Waals surface area contributed by atoms with Crippen LogP contribution in [0.1, 0.15) is 11.5 Å². The number of hydrogen-bond donors (Lipinski definition) is 1. The van der Waals surface area contributed by atoms with Gasteiger partial charge in [-0.1, -0.05) is 5.16 Å². The smallest absolute Gasteiger partial charge is 0.194 e. The van der Waals surface area contributed by atoms with Crippen molar-refractivity contribution in [3.05, 3.63) is 36.2 Å². The lowest BCUT2D eigenvalue weighted by Gasteiger charge is -2.20. The van der Waals surface area contributed by atoms with E-state index in [9.17, 15) is 0 Å². The minimum Gasteiger partial charge on any atom is -0.364 e. The van der Waals surface area contributed by atoms with Gasteiger partial charge in [0.1, 0.15) is 17.8 Å². The Labute approximate surface area is 111 Å². The van der Waals surface area contributed by atoms with Crippen molar-refractivity contribution in [1.82, 2.24) is 24.9 Å². The van der Waals surface area contributed by atoms with Crippen molar-refractivity contribution in [2.75, 3.05) is 14.1 Å². The maximum absolute atomic E-state index is 4.81. The van der Waals surface area contributed by atoms with Crippen LogP contribution in [0.5, 0.6) is 0 Å². The molecule has 0 amide bonds. The third-order valence-corrected chi connectivity index (χ3v) is 2.79. The predicted molar refractivity (Wildman–Crippen MR) is 71.4 cm³/mol. The summed E-state index contributed by atoms with van der Waals surface area (Å²) in [4.78, 5) is 10.5. The van der Waals surface area contributed by atoms with Crippen LogP contribution in [0.2, 0.25) is 0 Å². The Balaban J connectivity index is 1.91. The zero-order chi connectivity index (χ0) is 13.7. The number of guanidine groups is 1. The van der Waals surface area contributed by atoms with Gasteiger partial charge in [-0.05, 0) is 0 Å². The average Bonchev–Trinajstić information content (AvgIpc) is 3.02. The third-order valence-electron chi connectivity index (χ3n) is 2.79. The van der Waals surface area contributed by atoms with Gasteiger partial charge >= 0.3 is 0 Å². The third kappa shape index (κ3) is 3.34. The van der Waals surface area contributed by atoms with Gasteiger partial charge in [0, 0.05) is 39.6 Å². The van der Waals surface area contributed by atoms with Crippen molar-refractivity contribution in [3.63, 3.8) is 0 Å². The summed E-state index contributed by atoms with van der Waals surface area (Å²) in [5, 5.41) is 7.14. The van der Waals surface area contributed by atoms with E-state index in [1.807, 2.05) is 35.8 Å². The van der Waals surface area contributed by atoms with Crippen molar-refractivity contribution in [1.29, 1.82) is 0 Å². The summed E-state index contributed by atoms with van der Waals surface area (Å²) in [5.41, 5.74) is 0.863. The van der Waals surface area contributed by atoms with Gasteiger partial charge in [-0.15, -0.1) is 0 Å². The standard InChI is InChI=1S/C12H18N6O/c1-13-12(15-8-11-14-5-6-17(11)2)18(3)9-10-4-7-19-16-10/h4-7H,8-9H2,1-3H3,(H,13,15). The van der Waals surface area contributed by atoms with Gasteiger partial charge in [0.25, 0.3) is 0 Å². The maximum atomic E-state index is 4.81. The molecule has 0 aliphatic rings. The van der Waals surface area contributed by atoms with Crippen LogP contribution in [-0.4, -0.2) is 39.7 Å². The highest BCUT2D eigenvalue weighted by Crippen LogP contribution is 2.00. The predicted octanol–water partition coefficient (Wildman–Crippen LogP) is 0.615. The van der Waals surface area contributed by atoms with Crippen LogP contribution in [0.25, 0.3) is 0 Å². The maximum Gasteiger partial charge on any atom is 0.194 e. The molecule has 0 atom stereocenters. The molecule has 2 aromatic heterocycles. The topological polar surface area (TPSA) is 71.5 Å². The van der Waals surface area contributed by atoms with Crippen molar-refractivity contribution >= 4 is 5.96 Å². The quantitative estimate of drug-likeness (QED) is 0.646. The van der Waals surface area contributed by atoms with E-state index in [0.29, 0.717) is 13.1 Å². The van der Waals surface area contributed by atoms with Crippen LogP contribution in [0.4, 0.5) is 0 Å². The van der Waals surface area contributed by atoms with E-state index in [1.54, 1.807) is 19.5 Å². The fourth-order valence-electron chi connectivity index (χ4n) is 1.75. The molecule has 0 aromatic carbocycles. The monoisotopic (exact) mass is 262 g/mol. The summed E-state index contributed by atoms with van der Waals surface area (Å²) < 4.78 is 6.78. The van der Waals surface area contributed by atoms with Crippen molar-refractivity contribution in [2.45, 2.75) is 13.1 Å². The molecule has 0 bridgehead atoms. The van der Waals surface area contributed by atoms with Crippen molar-refractivity contribution in [3.8, 4) is 0 Å². The van der Waals surface area contributed by atoms with E-state index < -0.39 is 0 Å². The molecule has 0 unspecified atom stereocenters. The van der Waals surface area contributed by atoms with Gasteiger partial charge in [-0.25, -0.2) is 4.98 Å². The number of hydrogen-bond acceptors (Lipinski definition) is 4. The SMILES string of the molecule is CN=C(NCc1nccn1C)N(C)Cc1ccon1. The molecule has 0 radical (unpaired) electrons. The number of aliphatic imine (C=N–C) groups is 1. The molecule has 7 heteroatoms. The van der Waals surface area contributed by atoms with Gasteiger partial charge < -0.3 is 19.3 Å². The van der Waals surface area contributed by atoms with Gasteiger partial charge in [-0.3, -0.25) is 4.99 Å². The van der Waals surface area contributed by atoms with Gasteiger partial charge in [-0.2, -0.15) is 0 Å². The van der Waals surface area contributed by atoms with E-state index in [4.69, 9.17) is 4.52 Å². The Morgan fingerprint density at radius 1 is 1.58 bits per heavy atom. The van der Waals surface area contributed by atoms with Crippen molar-refractivity contribution < 1.29 is 4.52 Å². The first kappa shape index (κ1) is 13.1. The average molecular weight is 262 g/mol. The molecule has 1 N–H and O–H groups in total. The Bertz CT molecular complexity index is 530. The van der Waals surface area contributed by atoms with Gasteiger partial charge in [0.15, 0.2) is 5.96 Å². The number of rotatable bonds is 4. The van der Waals surface area contributed by atoms with Crippen LogP contribution < -0.4 is 5.32 Å². The second-order valence-electron chi connectivity index (χ2n) is 4.20. The minimum absolute atomic E-state index is 0.624. The molecule has 7 nitrogen and oxygen atoms in total. The number of imidazole rings is 1. The molecule has 2 rings (SSSR count). The molecule has 2 aromatic rings. The zero-order valence-corrected chi connectivity index (χ0v) is 11.4. The Morgan fingerprint density at radius 2 is 2.42 bits per heavy atom. The van der Waals surface area contributed by atoms with Crippen LogP contribution in [0, 0.1) is 0 Å². The normalized spacial score (nSPS) is 11.6. The lowest BCUT2D eigenvalue weighted by atomic mass is 10.4. The summed E-state index contributed by atoms with van der Waals surface area (Å²) in [6, 6.07) is 1.84. The van der Waals surface area contributed by atoms with E-state index in [1.165, 1.54) is 0 Å². The van der Waals surface area contributed by atoms with Crippen LogP contribution in [0.15, 0.2) is 34.2 Å². The number of aromatic nitrogens is 3. The summed E-state index contributed by atoms with van der Waals surface area (Å²) in [5.74, 6) is 1.74. The highest BCUT2D eigenvalue weighted by molar-refractivity contribution is 5.79. The molecule has 0 fully saturated rings. The van der Waals surface area contributed by atoms with Crippen LogP contribution >= 0.6 is 0 Å². The lowest BCUT2D eigenvalue weighted by Crippen LogP contribution is -2.38. The van der Waals surface area contributed by atoms with Gasteiger partial charge in [0.2, 0.25) is 0 Å². The molecule has 0 saturated carbocycles. The Morgan fingerprint density at radius 3 is 3.00 bits per heavy atom. The molecule has 0 aliphatic carbocycles. The fraction of sp³-hybridized carbons (Fsp3) is 0.417. The first-order valence-electron chi connectivity index (χ1n) is 5.98. The first-order valence-corrected chi connectivity index (χ1v) is 5.98. The second kappa shape index (κ2) is 6.03. The Hall–Kier alpha value is -2.31. The lowest BCUT2D eigenvalue weighted by molar-refractivity contribution is 0.391. The van der Waals surface area contributed by atoms with Crippen LogP contribution in [0.3, 0.4) is 0 Å². The summed E-state index contributed by atoms with van der Waals surface area (Å²) in [6.07, 6.45) is 5.25. The molecular weight excluding hydrogens is 244 g/mol. The van der Waals surface area contributed by atoms with Gasteiger partial charge in [0.05, 0.1) is 13.1 Å². The summed E-state index contributed by atoms with van der Waals surface area (Å²) >= 11 is 0.